The highest BCUT2D eigenvalue weighted by Gasteiger charge is 2.47. The van der Waals surface area contributed by atoms with Gasteiger partial charge in [-0.25, -0.2) is 8.78 Å². The third kappa shape index (κ3) is 15.3. The number of pyridine rings is 1. The third-order valence-corrected chi connectivity index (χ3v) is 12.8. The smallest absolute Gasteiger partial charge is 0.317 e. The van der Waals surface area contributed by atoms with Crippen molar-refractivity contribution in [3.05, 3.63) is 36.0 Å². The van der Waals surface area contributed by atoms with E-state index in [4.69, 9.17) is 4.74 Å². The van der Waals surface area contributed by atoms with Crippen LogP contribution in [0.5, 0.6) is 5.75 Å². The summed E-state index contributed by atoms with van der Waals surface area (Å²) in [6.07, 6.45) is 4.56. The van der Waals surface area contributed by atoms with Crippen molar-refractivity contribution in [3.63, 3.8) is 0 Å². The number of hydrogen-bond donors (Lipinski definition) is 4. The zero-order valence-corrected chi connectivity index (χ0v) is 39.1. The minimum Gasteiger partial charge on any atom is -0.494 e. The molecule has 2 aromatic rings. The number of nitrogens with zero attached hydrogens (tertiary/aromatic N) is 8. The number of carboxylic acids is 2. The van der Waals surface area contributed by atoms with Gasteiger partial charge in [0.1, 0.15) is 17.6 Å². The number of nitriles is 1. The topological polar surface area (TPSA) is 249 Å². The summed E-state index contributed by atoms with van der Waals surface area (Å²) in [7, 11) is 3.56. The molecule has 0 saturated carbocycles. The maximum absolute atomic E-state index is 13.8. The van der Waals surface area contributed by atoms with Crippen LogP contribution in [0.4, 0.5) is 8.78 Å². The lowest BCUT2D eigenvalue weighted by molar-refractivity contribution is -0.142. The molecule has 0 bridgehead atoms. The third-order valence-electron chi connectivity index (χ3n) is 12.8. The molecule has 68 heavy (non-hydrogen) atoms. The first-order chi connectivity index (χ1) is 32.3. The van der Waals surface area contributed by atoms with Crippen molar-refractivity contribution in [1.82, 2.24) is 45.0 Å². The molecule has 20 nitrogen and oxygen atoms in total. The minimum absolute atomic E-state index is 0.00120. The predicted octanol–water partition coefficient (Wildman–Crippen LogP) is 1.14. The summed E-state index contributed by atoms with van der Waals surface area (Å²) in [6, 6.07) is 6.95. The number of alkyl halides is 2. The van der Waals surface area contributed by atoms with E-state index in [1.165, 1.54) is 19.2 Å². The average molecular weight is 955 g/mol. The van der Waals surface area contributed by atoms with E-state index in [0.29, 0.717) is 108 Å². The quantitative estimate of drug-likeness (QED) is 0.108. The number of halogens is 2. The van der Waals surface area contributed by atoms with Gasteiger partial charge in [0.15, 0.2) is 0 Å². The number of likely N-dealkylation sites (N-methyl/N-ethyl adjacent to an activating group) is 2. The maximum Gasteiger partial charge on any atom is 0.317 e. The van der Waals surface area contributed by atoms with E-state index in [1.807, 2.05) is 16.8 Å². The van der Waals surface area contributed by atoms with E-state index >= 15 is 0 Å². The highest BCUT2D eigenvalue weighted by atomic mass is 19.3. The van der Waals surface area contributed by atoms with Gasteiger partial charge in [0.05, 0.1) is 63.0 Å². The first kappa shape index (κ1) is 53.1. The zero-order valence-electron chi connectivity index (χ0n) is 39.1. The summed E-state index contributed by atoms with van der Waals surface area (Å²) >= 11 is 0. The number of unbranched alkanes of at least 4 members (excludes halogenated alkanes) is 2. The number of amides is 4. The van der Waals surface area contributed by atoms with Crippen molar-refractivity contribution in [3.8, 4) is 11.8 Å². The number of fused-ring (bicyclic) bond motifs is 1. The highest BCUT2D eigenvalue weighted by Crippen LogP contribution is 2.32. The summed E-state index contributed by atoms with van der Waals surface area (Å²) in [6.45, 7) is 3.26. The van der Waals surface area contributed by atoms with Crippen LogP contribution in [0.2, 0.25) is 0 Å². The molecule has 5 rings (SSSR count). The Bertz CT molecular complexity index is 2170. The van der Waals surface area contributed by atoms with Crippen LogP contribution < -0.4 is 15.4 Å². The standard InChI is InChI=1S/C46H64F2N10O10/c1-32(59)24-55-17-18-56(28-43(65)66)30-45(29-55,54(3)27-42(63)64)13-5-4-8-40(61)57-16-12-33(25-57)53(2)26-39(60)51-14-6-7-19-68-35-9-10-38-37(20-35)36(11-15-50-38)44(67)52-23-41(62)58-31-46(47,48)21-34(58)22-49/h9-11,15,20,33-34H,4-8,12-14,16-19,21,23-31H2,1-3H3,(H,51,60)(H,52,67)(H,63,64)(H,65,66). The summed E-state index contributed by atoms with van der Waals surface area (Å²) < 4.78 is 33.6. The molecule has 3 fully saturated rings. The Kier molecular flexibility index (Phi) is 19.1. The fourth-order valence-electron chi connectivity index (χ4n) is 9.29. The Morgan fingerprint density at radius 2 is 1.65 bits per heavy atom. The fraction of sp³-hybridized carbons (Fsp3) is 0.630. The number of carboxylic acid groups (broad SMARTS) is 2. The molecule has 22 heteroatoms. The van der Waals surface area contributed by atoms with Gasteiger partial charge in [-0.05, 0) is 77.4 Å². The fourth-order valence-corrected chi connectivity index (χ4v) is 9.29. The molecule has 3 saturated heterocycles. The van der Waals surface area contributed by atoms with Crippen LogP contribution in [0.15, 0.2) is 30.5 Å². The van der Waals surface area contributed by atoms with Crippen molar-refractivity contribution in [2.75, 3.05) is 106 Å². The molecular weight excluding hydrogens is 891 g/mol. The molecule has 1 aromatic carbocycles. The lowest BCUT2D eigenvalue weighted by Gasteiger charge is -2.44. The lowest BCUT2D eigenvalue weighted by Crippen LogP contribution is -2.59. The Morgan fingerprint density at radius 1 is 0.912 bits per heavy atom. The molecule has 0 radical (unpaired) electrons. The van der Waals surface area contributed by atoms with Crippen molar-refractivity contribution in [1.29, 1.82) is 5.26 Å². The van der Waals surface area contributed by atoms with Gasteiger partial charge in [-0.3, -0.25) is 58.1 Å². The second-order valence-electron chi connectivity index (χ2n) is 18.2. The maximum atomic E-state index is 13.8. The van der Waals surface area contributed by atoms with Gasteiger partial charge in [0.2, 0.25) is 17.7 Å². The second kappa shape index (κ2) is 24.4. The van der Waals surface area contributed by atoms with Gasteiger partial charge in [0.25, 0.3) is 11.8 Å². The van der Waals surface area contributed by atoms with Crippen LogP contribution in [-0.2, 0) is 28.8 Å². The van der Waals surface area contributed by atoms with Crippen molar-refractivity contribution >= 4 is 52.3 Å². The average Bonchev–Trinajstić information content (AvgIpc) is 3.86. The van der Waals surface area contributed by atoms with Crippen LogP contribution in [0.3, 0.4) is 0 Å². The Balaban J connectivity index is 1.00. The number of ether oxygens (including phenoxy) is 1. The SMILES string of the molecule is CC(=O)CN1CCN(CC(=O)O)CC(CCCCC(=O)N2CCC(N(C)CC(=O)NCCCCOc3ccc4nccc(C(=O)NCC(=O)N5CC(F)(F)CC5C#N)c4c3)C2)(N(C)CC(=O)O)C1. The number of nitrogens with one attached hydrogen (secondary N) is 2. The van der Waals surface area contributed by atoms with Crippen molar-refractivity contribution in [2.45, 2.75) is 81.8 Å². The van der Waals surface area contributed by atoms with Gasteiger partial charge in [-0.1, -0.05) is 6.42 Å². The first-order valence-electron chi connectivity index (χ1n) is 23.0. The molecule has 0 spiro atoms. The van der Waals surface area contributed by atoms with E-state index < -0.39 is 60.8 Å². The normalized spacial score (nSPS) is 20.9. The Morgan fingerprint density at radius 3 is 2.34 bits per heavy atom. The van der Waals surface area contributed by atoms with Gasteiger partial charge in [-0.15, -0.1) is 0 Å². The number of aliphatic carboxylic acids is 2. The molecular formula is C46H64F2N10O10. The minimum atomic E-state index is -3.17. The number of hydrogen-bond acceptors (Lipinski definition) is 14. The van der Waals surface area contributed by atoms with Crippen LogP contribution in [-0.4, -0.2) is 215 Å². The van der Waals surface area contributed by atoms with Crippen LogP contribution in [0.1, 0.15) is 68.6 Å². The van der Waals surface area contributed by atoms with Crippen LogP contribution >= 0.6 is 0 Å². The van der Waals surface area contributed by atoms with Gasteiger partial charge in [-0.2, -0.15) is 5.26 Å². The predicted molar refractivity (Wildman–Crippen MR) is 243 cm³/mol. The van der Waals surface area contributed by atoms with Gasteiger partial charge >= 0.3 is 11.9 Å². The Labute approximate surface area is 394 Å². The summed E-state index contributed by atoms with van der Waals surface area (Å²) in [5, 5.41) is 34.3. The van der Waals surface area contributed by atoms with E-state index in [9.17, 15) is 57.8 Å². The Hall–Kier alpha value is -5.89. The number of likely N-dealkylation sites (tertiary alicyclic amines) is 2. The molecule has 3 unspecified atom stereocenters. The molecule has 3 aliphatic rings. The molecule has 0 aliphatic carbocycles. The second-order valence-corrected chi connectivity index (χ2v) is 18.2. The number of Topliss-reactive ketones (excluding diaryl/α,β-unsaturated/α-hetero) is 1. The molecule has 4 N–H and O–H groups in total. The summed E-state index contributed by atoms with van der Waals surface area (Å²) in [5.74, 6) is -6.32. The van der Waals surface area contributed by atoms with Crippen molar-refractivity contribution < 1.29 is 57.3 Å². The molecule has 3 atom stereocenters. The van der Waals surface area contributed by atoms with Gasteiger partial charge < -0.3 is 35.4 Å². The van der Waals surface area contributed by atoms with Crippen molar-refractivity contribution in [2.24, 2.45) is 0 Å². The monoisotopic (exact) mass is 954 g/mol. The molecule has 372 valence electrons. The summed E-state index contributed by atoms with van der Waals surface area (Å²) in [4.78, 5) is 102. The number of rotatable bonds is 24. The van der Waals surface area contributed by atoms with E-state index in [0.717, 1.165) is 4.90 Å². The largest absolute Gasteiger partial charge is 0.494 e. The zero-order chi connectivity index (χ0) is 49.6. The number of benzene rings is 1. The highest BCUT2D eigenvalue weighted by molar-refractivity contribution is 6.07. The molecule has 1 aromatic heterocycles. The first-order valence-corrected chi connectivity index (χ1v) is 23.0. The van der Waals surface area contributed by atoms with E-state index in [-0.39, 0.29) is 61.8 Å². The van der Waals surface area contributed by atoms with Gasteiger partial charge in [0, 0.05) is 81.8 Å². The summed E-state index contributed by atoms with van der Waals surface area (Å²) in [5.41, 5.74) is -0.0628. The van der Waals surface area contributed by atoms with Crippen LogP contribution in [0, 0.1) is 11.3 Å². The number of ketones is 1. The number of aromatic nitrogens is 1. The van der Waals surface area contributed by atoms with E-state index in [1.54, 1.807) is 46.0 Å². The lowest BCUT2D eigenvalue weighted by atomic mass is 9.88. The van der Waals surface area contributed by atoms with Crippen LogP contribution in [0.25, 0.3) is 10.9 Å². The number of carbonyl (C=O) groups is 7. The molecule has 4 amide bonds. The molecule has 3 aliphatic heterocycles. The molecule has 4 heterocycles. The number of carbonyl (C=O) groups excluding carboxylic acids is 5. The van der Waals surface area contributed by atoms with E-state index in [2.05, 4.69) is 15.6 Å².